The van der Waals surface area contributed by atoms with Crippen molar-refractivity contribution in [3.8, 4) is 0 Å². The summed E-state index contributed by atoms with van der Waals surface area (Å²) in [7, 11) is -2.35. The summed E-state index contributed by atoms with van der Waals surface area (Å²) < 4.78 is 32.1. The van der Waals surface area contributed by atoms with E-state index in [1.807, 2.05) is 6.92 Å². The lowest BCUT2D eigenvalue weighted by molar-refractivity contribution is -0.120. The third-order valence-electron chi connectivity index (χ3n) is 4.82. The molecule has 0 aromatic heterocycles. The van der Waals surface area contributed by atoms with E-state index in [0.29, 0.717) is 30.8 Å². The molecule has 2 aromatic rings. The summed E-state index contributed by atoms with van der Waals surface area (Å²) in [5.41, 5.74) is 1.93. The summed E-state index contributed by atoms with van der Waals surface area (Å²) in [4.78, 5) is 24.7. The Morgan fingerprint density at radius 1 is 1.10 bits per heavy atom. The molecule has 1 atom stereocenters. The zero-order valence-electron chi connectivity index (χ0n) is 16.9. The van der Waals surface area contributed by atoms with E-state index in [-0.39, 0.29) is 17.4 Å². The maximum atomic E-state index is 13.0. The number of nitrogens with one attached hydrogen (secondary N) is 2. The van der Waals surface area contributed by atoms with Gasteiger partial charge in [0.05, 0.1) is 4.90 Å². The van der Waals surface area contributed by atoms with Gasteiger partial charge in [-0.2, -0.15) is 4.31 Å². The molecule has 2 amide bonds. The first-order valence-electron chi connectivity index (χ1n) is 9.59. The van der Waals surface area contributed by atoms with Crippen molar-refractivity contribution in [2.24, 2.45) is 0 Å². The maximum absolute atomic E-state index is 13.0. The van der Waals surface area contributed by atoms with E-state index in [9.17, 15) is 18.0 Å². The molecule has 1 fully saturated rings. The molecule has 0 radical (unpaired) electrons. The second-order valence-electron chi connectivity index (χ2n) is 7.14. The predicted octanol–water partition coefficient (Wildman–Crippen LogP) is 2.37. The first-order valence-corrected chi connectivity index (χ1v) is 11.0. The predicted molar refractivity (Wildman–Crippen MR) is 114 cm³/mol. The van der Waals surface area contributed by atoms with Crippen LogP contribution < -0.4 is 10.6 Å². The van der Waals surface area contributed by atoms with Gasteiger partial charge in [-0.05, 0) is 50.1 Å². The van der Waals surface area contributed by atoms with E-state index >= 15 is 0 Å². The second-order valence-corrected chi connectivity index (χ2v) is 9.03. The number of benzene rings is 2. The third kappa shape index (κ3) is 5.05. The summed E-state index contributed by atoms with van der Waals surface area (Å²) in [6, 6.07) is 12.5. The molecule has 0 unspecified atom stereocenters. The molecule has 1 heterocycles. The summed E-state index contributed by atoms with van der Waals surface area (Å²) in [6.45, 7) is 2.10. The number of nitrogens with zero attached hydrogens (tertiary/aromatic N) is 1. The highest BCUT2D eigenvalue weighted by atomic mass is 32.2. The summed E-state index contributed by atoms with van der Waals surface area (Å²) in [5, 5.41) is 5.43. The number of carbonyl (C=O) groups is 2. The van der Waals surface area contributed by atoms with E-state index in [4.69, 9.17) is 4.74 Å². The topological polar surface area (TPSA) is 105 Å². The smallest absolute Gasteiger partial charge is 0.250 e. The number of hydrogen-bond donors (Lipinski definition) is 2. The summed E-state index contributed by atoms with van der Waals surface area (Å²) in [6.07, 6.45) is 1.05. The zero-order valence-corrected chi connectivity index (χ0v) is 17.7. The molecule has 30 heavy (non-hydrogen) atoms. The first kappa shape index (κ1) is 21.9. The van der Waals surface area contributed by atoms with E-state index < -0.39 is 22.0 Å². The summed E-state index contributed by atoms with van der Waals surface area (Å²) in [5.74, 6) is -0.712. The molecule has 2 N–H and O–H groups in total. The van der Waals surface area contributed by atoms with Crippen molar-refractivity contribution < 1.29 is 22.7 Å². The average molecular weight is 432 g/mol. The van der Waals surface area contributed by atoms with Crippen molar-refractivity contribution >= 4 is 33.2 Å². The number of rotatable bonds is 7. The van der Waals surface area contributed by atoms with Crippen molar-refractivity contribution in [1.82, 2.24) is 4.31 Å². The largest absolute Gasteiger partial charge is 0.375 e. The fourth-order valence-corrected chi connectivity index (χ4v) is 5.02. The number of amides is 2. The molecule has 1 aliphatic rings. The highest BCUT2D eigenvalue weighted by Gasteiger charge is 2.39. The fourth-order valence-electron chi connectivity index (χ4n) is 3.36. The minimum absolute atomic E-state index is 0.0789. The highest BCUT2D eigenvalue weighted by molar-refractivity contribution is 7.89. The zero-order chi connectivity index (χ0) is 21.7. The standard InChI is InChI=1S/C21H25N3O5S/c1-15-8-10-18(11-9-15)30(27,28)24-12-4-7-19(24)21(26)23-17-6-3-5-16(13-17)22-20(25)14-29-2/h3,5-6,8-11,13,19H,4,7,12,14H2,1-2H3,(H,22,25)(H,23,26)/t19-/m0/s1. The van der Waals surface area contributed by atoms with Crippen LogP contribution in [-0.2, 0) is 24.3 Å². The molecule has 1 aliphatic heterocycles. The molecule has 9 heteroatoms. The monoisotopic (exact) mass is 431 g/mol. The Labute approximate surface area is 176 Å². The van der Waals surface area contributed by atoms with Gasteiger partial charge in [0.15, 0.2) is 0 Å². The van der Waals surface area contributed by atoms with Gasteiger partial charge in [0.1, 0.15) is 12.6 Å². The Kier molecular flexibility index (Phi) is 6.86. The lowest BCUT2D eigenvalue weighted by atomic mass is 10.2. The van der Waals surface area contributed by atoms with Gasteiger partial charge in [0.2, 0.25) is 21.8 Å². The van der Waals surface area contributed by atoms with Crippen molar-refractivity contribution in [3.63, 3.8) is 0 Å². The fraction of sp³-hybridized carbons (Fsp3) is 0.333. The van der Waals surface area contributed by atoms with Gasteiger partial charge >= 0.3 is 0 Å². The molecule has 0 spiro atoms. The molecule has 0 bridgehead atoms. The van der Waals surface area contributed by atoms with Gasteiger partial charge in [0, 0.05) is 25.0 Å². The normalized spacial score (nSPS) is 16.9. The summed E-state index contributed by atoms with van der Waals surface area (Å²) >= 11 is 0. The lowest BCUT2D eigenvalue weighted by Crippen LogP contribution is -2.43. The second kappa shape index (κ2) is 9.38. The van der Waals surface area contributed by atoms with Gasteiger partial charge in [-0.3, -0.25) is 9.59 Å². The molecular weight excluding hydrogens is 406 g/mol. The van der Waals surface area contributed by atoms with Crippen molar-refractivity contribution in [2.75, 3.05) is 30.9 Å². The Morgan fingerprint density at radius 2 is 1.77 bits per heavy atom. The van der Waals surface area contributed by atoms with Crippen LogP contribution in [0, 0.1) is 6.92 Å². The van der Waals surface area contributed by atoms with Crippen LogP contribution >= 0.6 is 0 Å². The third-order valence-corrected chi connectivity index (χ3v) is 6.75. The Bertz CT molecular complexity index is 1020. The Balaban J connectivity index is 1.73. The molecular formula is C21H25N3O5S. The maximum Gasteiger partial charge on any atom is 0.250 e. The molecule has 160 valence electrons. The SMILES string of the molecule is COCC(=O)Nc1cccc(NC(=O)[C@@H]2CCCN2S(=O)(=O)c2ccc(C)cc2)c1. The van der Waals surface area contributed by atoms with E-state index in [2.05, 4.69) is 10.6 Å². The molecule has 1 saturated heterocycles. The number of anilines is 2. The van der Waals surface area contributed by atoms with E-state index in [1.165, 1.54) is 11.4 Å². The van der Waals surface area contributed by atoms with Gasteiger partial charge in [-0.1, -0.05) is 23.8 Å². The minimum Gasteiger partial charge on any atom is -0.375 e. The number of ether oxygens (including phenoxy) is 1. The highest BCUT2D eigenvalue weighted by Crippen LogP contribution is 2.27. The Morgan fingerprint density at radius 3 is 2.43 bits per heavy atom. The molecule has 8 nitrogen and oxygen atoms in total. The number of sulfonamides is 1. The van der Waals surface area contributed by atoms with Crippen LogP contribution in [0.25, 0.3) is 0 Å². The van der Waals surface area contributed by atoms with Crippen LogP contribution in [0.5, 0.6) is 0 Å². The molecule has 3 rings (SSSR count). The first-order chi connectivity index (χ1) is 14.3. The number of methoxy groups -OCH3 is 1. The van der Waals surface area contributed by atoms with Crippen molar-refractivity contribution in [3.05, 3.63) is 54.1 Å². The quantitative estimate of drug-likeness (QED) is 0.700. The van der Waals surface area contributed by atoms with E-state index in [1.54, 1.807) is 48.5 Å². The van der Waals surface area contributed by atoms with Crippen molar-refractivity contribution in [1.29, 1.82) is 0 Å². The van der Waals surface area contributed by atoms with Crippen LogP contribution in [-0.4, -0.2) is 50.8 Å². The van der Waals surface area contributed by atoms with Gasteiger partial charge in [-0.25, -0.2) is 8.42 Å². The van der Waals surface area contributed by atoms with Crippen LogP contribution in [0.3, 0.4) is 0 Å². The van der Waals surface area contributed by atoms with Gasteiger partial charge < -0.3 is 15.4 Å². The number of aryl methyl sites for hydroxylation is 1. The van der Waals surface area contributed by atoms with Crippen LogP contribution in [0.2, 0.25) is 0 Å². The van der Waals surface area contributed by atoms with Crippen LogP contribution in [0.4, 0.5) is 11.4 Å². The Hall–Kier alpha value is -2.75. The van der Waals surface area contributed by atoms with Gasteiger partial charge in [-0.15, -0.1) is 0 Å². The molecule has 0 aliphatic carbocycles. The number of hydrogen-bond acceptors (Lipinski definition) is 5. The number of carbonyl (C=O) groups excluding carboxylic acids is 2. The minimum atomic E-state index is -3.77. The average Bonchev–Trinajstić information content (AvgIpc) is 3.20. The lowest BCUT2D eigenvalue weighted by Gasteiger charge is -2.23. The molecule has 2 aromatic carbocycles. The van der Waals surface area contributed by atoms with Crippen molar-refractivity contribution in [2.45, 2.75) is 30.7 Å². The van der Waals surface area contributed by atoms with Gasteiger partial charge in [0.25, 0.3) is 0 Å². The van der Waals surface area contributed by atoms with E-state index in [0.717, 1.165) is 5.56 Å². The van der Waals surface area contributed by atoms with Crippen LogP contribution in [0.1, 0.15) is 18.4 Å². The van der Waals surface area contributed by atoms with Crippen LogP contribution in [0.15, 0.2) is 53.4 Å². The molecule has 0 saturated carbocycles.